The van der Waals surface area contributed by atoms with Gasteiger partial charge in [0.05, 0.1) is 11.0 Å². The molecule has 0 saturated carbocycles. The van der Waals surface area contributed by atoms with E-state index in [0.717, 1.165) is 28.1 Å². The van der Waals surface area contributed by atoms with Crippen LogP contribution in [0.25, 0.3) is 22.4 Å². The van der Waals surface area contributed by atoms with Crippen LogP contribution in [0.5, 0.6) is 0 Å². The number of carbonyl (C=O) groups is 1. The van der Waals surface area contributed by atoms with E-state index in [9.17, 15) is 4.79 Å². The van der Waals surface area contributed by atoms with Crippen molar-refractivity contribution in [1.82, 2.24) is 9.55 Å². The maximum absolute atomic E-state index is 12.3. The number of carbonyl (C=O) groups excluding carboxylic acids is 1. The van der Waals surface area contributed by atoms with E-state index in [1.165, 1.54) is 0 Å². The van der Waals surface area contributed by atoms with Crippen LogP contribution in [0.2, 0.25) is 0 Å². The normalized spacial score (nSPS) is 10.8. The summed E-state index contributed by atoms with van der Waals surface area (Å²) < 4.78 is 2.06. The summed E-state index contributed by atoms with van der Waals surface area (Å²) in [5.74, 6) is 0.779. The number of imidazole rings is 1. The molecule has 0 saturated heterocycles. The van der Waals surface area contributed by atoms with E-state index in [2.05, 4.69) is 9.88 Å². The number of aryl methyl sites for hydroxylation is 1. The first-order valence-corrected chi connectivity index (χ1v) is 8.11. The van der Waals surface area contributed by atoms with Crippen LogP contribution in [0.4, 0.5) is 5.69 Å². The highest BCUT2D eigenvalue weighted by atomic mass is 16.1. The molecular formula is C21H17N3O. The van der Waals surface area contributed by atoms with E-state index in [1.807, 2.05) is 73.8 Å². The molecule has 0 fully saturated rings. The quantitative estimate of drug-likeness (QED) is 0.602. The van der Waals surface area contributed by atoms with Gasteiger partial charge in [-0.15, -0.1) is 0 Å². The second-order valence-corrected chi connectivity index (χ2v) is 5.88. The van der Waals surface area contributed by atoms with Crippen molar-refractivity contribution in [3.8, 4) is 11.4 Å². The maximum atomic E-state index is 12.3. The summed E-state index contributed by atoms with van der Waals surface area (Å²) in [6, 6.07) is 25.0. The van der Waals surface area contributed by atoms with Gasteiger partial charge in [0.15, 0.2) is 0 Å². The van der Waals surface area contributed by atoms with Gasteiger partial charge in [-0.1, -0.05) is 48.5 Å². The zero-order valence-electron chi connectivity index (χ0n) is 13.8. The lowest BCUT2D eigenvalue weighted by Crippen LogP contribution is -2.11. The molecule has 122 valence electrons. The van der Waals surface area contributed by atoms with Gasteiger partial charge in [-0.25, -0.2) is 4.98 Å². The number of anilines is 1. The van der Waals surface area contributed by atoms with Gasteiger partial charge in [0.2, 0.25) is 0 Å². The number of nitrogens with one attached hydrogen (secondary N) is 1. The molecule has 1 amide bonds. The van der Waals surface area contributed by atoms with Crippen molar-refractivity contribution >= 4 is 22.6 Å². The van der Waals surface area contributed by atoms with E-state index in [1.54, 1.807) is 12.1 Å². The van der Waals surface area contributed by atoms with Crippen molar-refractivity contribution in [2.75, 3.05) is 5.32 Å². The van der Waals surface area contributed by atoms with Gasteiger partial charge in [0.1, 0.15) is 5.82 Å². The first kappa shape index (κ1) is 15.1. The van der Waals surface area contributed by atoms with Crippen molar-refractivity contribution in [3.05, 3.63) is 84.4 Å². The van der Waals surface area contributed by atoms with Crippen LogP contribution < -0.4 is 5.32 Å². The molecule has 4 heteroatoms. The number of hydrogen-bond donors (Lipinski definition) is 1. The molecule has 0 aliphatic heterocycles. The summed E-state index contributed by atoms with van der Waals surface area (Å²) in [5.41, 5.74) is 4.31. The predicted molar refractivity (Wildman–Crippen MR) is 101 cm³/mol. The molecule has 25 heavy (non-hydrogen) atoms. The molecule has 0 spiro atoms. The zero-order valence-corrected chi connectivity index (χ0v) is 13.8. The average Bonchev–Trinajstić information content (AvgIpc) is 2.99. The smallest absolute Gasteiger partial charge is 0.255 e. The Hall–Kier alpha value is -3.40. The Morgan fingerprint density at radius 1 is 0.920 bits per heavy atom. The summed E-state index contributed by atoms with van der Waals surface area (Å²) in [4.78, 5) is 17.0. The highest BCUT2D eigenvalue weighted by molar-refractivity contribution is 6.05. The molecule has 3 aromatic carbocycles. The number of rotatable bonds is 3. The lowest BCUT2D eigenvalue weighted by molar-refractivity contribution is 0.102. The van der Waals surface area contributed by atoms with Crippen LogP contribution in [0, 0.1) is 0 Å². The lowest BCUT2D eigenvalue weighted by atomic mass is 10.2. The molecule has 0 aliphatic rings. The summed E-state index contributed by atoms with van der Waals surface area (Å²) in [6.07, 6.45) is 0. The fraction of sp³-hybridized carbons (Fsp3) is 0.0476. The van der Waals surface area contributed by atoms with Gasteiger partial charge in [-0.05, 0) is 30.3 Å². The molecule has 0 atom stereocenters. The van der Waals surface area contributed by atoms with Crippen LogP contribution in [0.15, 0.2) is 78.9 Å². The van der Waals surface area contributed by atoms with Crippen LogP contribution in [-0.4, -0.2) is 15.5 Å². The summed E-state index contributed by atoms with van der Waals surface area (Å²) >= 11 is 0. The number of nitrogens with zero attached hydrogens (tertiary/aromatic N) is 2. The molecule has 1 aromatic heterocycles. The van der Waals surface area contributed by atoms with Crippen LogP contribution >= 0.6 is 0 Å². The lowest BCUT2D eigenvalue weighted by Gasteiger charge is -2.05. The summed E-state index contributed by atoms with van der Waals surface area (Å²) in [5, 5.41) is 2.93. The molecule has 0 aliphatic carbocycles. The third-order valence-corrected chi connectivity index (χ3v) is 4.21. The molecule has 4 rings (SSSR count). The average molecular weight is 327 g/mol. The first-order chi connectivity index (χ1) is 12.2. The van der Waals surface area contributed by atoms with Gasteiger partial charge in [0.25, 0.3) is 5.91 Å². The fourth-order valence-corrected chi connectivity index (χ4v) is 2.92. The van der Waals surface area contributed by atoms with E-state index in [0.29, 0.717) is 5.56 Å². The third kappa shape index (κ3) is 2.90. The molecule has 4 aromatic rings. The van der Waals surface area contributed by atoms with Gasteiger partial charge >= 0.3 is 0 Å². The van der Waals surface area contributed by atoms with Gasteiger partial charge in [0, 0.05) is 23.9 Å². The van der Waals surface area contributed by atoms with Crippen LogP contribution in [0.3, 0.4) is 0 Å². The SMILES string of the molecule is Cn1c(-c2ccccc2)nc2cc(NC(=O)c3ccccc3)ccc21. The van der Waals surface area contributed by atoms with E-state index in [-0.39, 0.29) is 5.91 Å². The molecular weight excluding hydrogens is 310 g/mol. The van der Waals surface area contributed by atoms with Crippen molar-refractivity contribution in [2.45, 2.75) is 0 Å². The van der Waals surface area contributed by atoms with Gasteiger partial charge in [-0.2, -0.15) is 0 Å². The highest BCUT2D eigenvalue weighted by Crippen LogP contribution is 2.25. The second-order valence-electron chi connectivity index (χ2n) is 5.88. The number of benzene rings is 3. The van der Waals surface area contributed by atoms with E-state index >= 15 is 0 Å². The number of fused-ring (bicyclic) bond motifs is 1. The third-order valence-electron chi connectivity index (χ3n) is 4.21. The molecule has 4 nitrogen and oxygen atoms in total. The number of amides is 1. The summed E-state index contributed by atoms with van der Waals surface area (Å²) in [6.45, 7) is 0. The van der Waals surface area contributed by atoms with E-state index < -0.39 is 0 Å². The van der Waals surface area contributed by atoms with Crippen LogP contribution in [0.1, 0.15) is 10.4 Å². The minimum atomic E-state index is -0.126. The largest absolute Gasteiger partial charge is 0.327 e. The Bertz CT molecular complexity index is 1040. The number of hydrogen-bond acceptors (Lipinski definition) is 2. The topological polar surface area (TPSA) is 46.9 Å². The van der Waals surface area contributed by atoms with Crippen LogP contribution in [-0.2, 0) is 7.05 Å². The standard InChI is InChI=1S/C21H17N3O/c1-24-19-13-12-17(22-21(25)16-10-6-3-7-11-16)14-18(19)23-20(24)15-8-4-2-5-9-15/h2-14H,1H3,(H,22,25). The Morgan fingerprint density at radius 3 is 2.32 bits per heavy atom. The van der Waals surface area contributed by atoms with Crippen molar-refractivity contribution in [3.63, 3.8) is 0 Å². The minimum absolute atomic E-state index is 0.126. The Labute approximate surface area is 145 Å². The van der Waals surface area contributed by atoms with Crippen molar-refractivity contribution in [1.29, 1.82) is 0 Å². The Kier molecular flexibility index (Phi) is 3.78. The number of aromatic nitrogens is 2. The second kappa shape index (κ2) is 6.24. The van der Waals surface area contributed by atoms with Gasteiger partial charge in [-0.3, -0.25) is 4.79 Å². The van der Waals surface area contributed by atoms with E-state index in [4.69, 9.17) is 4.98 Å². The Morgan fingerprint density at radius 2 is 1.60 bits per heavy atom. The fourth-order valence-electron chi connectivity index (χ4n) is 2.92. The molecule has 0 unspecified atom stereocenters. The van der Waals surface area contributed by atoms with Crippen molar-refractivity contribution in [2.24, 2.45) is 7.05 Å². The highest BCUT2D eigenvalue weighted by Gasteiger charge is 2.11. The molecule has 0 radical (unpaired) electrons. The first-order valence-electron chi connectivity index (χ1n) is 8.11. The Balaban J connectivity index is 1.68. The molecule has 1 N–H and O–H groups in total. The molecule has 1 heterocycles. The minimum Gasteiger partial charge on any atom is -0.327 e. The predicted octanol–water partition coefficient (Wildman–Crippen LogP) is 4.49. The maximum Gasteiger partial charge on any atom is 0.255 e. The molecule has 0 bridgehead atoms. The summed E-state index contributed by atoms with van der Waals surface area (Å²) in [7, 11) is 2.00. The monoisotopic (exact) mass is 327 g/mol. The zero-order chi connectivity index (χ0) is 17.2. The van der Waals surface area contributed by atoms with Crippen molar-refractivity contribution < 1.29 is 4.79 Å². The van der Waals surface area contributed by atoms with Gasteiger partial charge < -0.3 is 9.88 Å².